The van der Waals surface area contributed by atoms with Crippen molar-refractivity contribution in [1.82, 2.24) is 14.5 Å². The molecule has 7 nitrogen and oxygen atoms in total. The number of para-hydroxylation sites is 1. The van der Waals surface area contributed by atoms with Gasteiger partial charge in [0, 0.05) is 24.2 Å². The Bertz CT molecular complexity index is 1570. The van der Waals surface area contributed by atoms with E-state index < -0.39 is 5.82 Å². The van der Waals surface area contributed by atoms with Gasteiger partial charge in [0.1, 0.15) is 11.6 Å². The van der Waals surface area contributed by atoms with Crippen molar-refractivity contribution in [2.24, 2.45) is 0 Å². The van der Waals surface area contributed by atoms with Gasteiger partial charge in [0.2, 0.25) is 5.95 Å². The number of nitrogens with one attached hydrogen (secondary N) is 1. The topological polar surface area (TPSA) is 76.5 Å². The van der Waals surface area contributed by atoms with Gasteiger partial charge in [0.15, 0.2) is 0 Å². The van der Waals surface area contributed by atoms with Crippen molar-refractivity contribution in [3.05, 3.63) is 115 Å². The van der Waals surface area contributed by atoms with Gasteiger partial charge < -0.3 is 15.0 Å². The van der Waals surface area contributed by atoms with Crippen LogP contribution in [0, 0.1) is 5.82 Å². The molecule has 10 heteroatoms. The van der Waals surface area contributed by atoms with Gasteiger partial charge in [-0.2, -0.15) is 0 Å². The Morgan fingerprint density at radius 3 is 2.55 bits per heavy atom. The zero-order chi connectivity index (χ0) is 26.8. The maximum atomic E-state index is 14.8. The highest BCUT2D eigenvalue weighted by atomic mass is 35.5. The van der Waals surface area contributed by atoms with E-state index >= 15 is 0 Å². The molecule has 1 N–H and O–H groups in total. The van der Waals surface area contributed by atoms with Crippen molar-refractivity contribution < 1.29 is 13.9 Å². The highest BCUT2D eigenvalue weighted by Crippen LogP contribution is 2.26. The second-order valence-electron chi connectivity index (χ2n) is 8.76. The number of benzene rings is 3. The highest BCUT2D eigenvalue weighted by Gasteiger charge is 2.28. The van der Waals surface area contributed by atoms with Crippen molar-refractivity contribution in [1.29, 1.82) is 0 Å². The van der Waals surface area contributed by atoms with Crippen LogP contribution in [-0.4, -0.2) is 34.0 Å². The minimum absolute atomic E-state index is 0.0966. The first-order valence-corrected chi connectivity index (χ1v) is 12.6. The molecule has 1 aliphatic heterocycles. The van der Waals surface area contributed by atoms with Crippen LogP contribution in [0.25, 0.3) is 5.69 Å². The number of aromatic nitrogens is 2. The maximum Gasteiger partial charge on any atom is 0.263 e. The van der Waals surface area contributed by atoms with Crippen LogP contribution in [0.5, 0.6) is 5.75 Å². The second kappa shape index (κ2) is 10.8. The van der Waals surface area contributed by atoms with E-state index in [1.165, 1.54) is 22.8 Å². The first-order chi connectivity index (χ1) is 18.4. The molecule has 4 aromatic rings. The Hall–Kier alpha value is -3.88. The number of hydrogen-bond acceptors (Lipinski definition) is 5. The number of carbonyl (C=O) groups excluding carboxylic acids is 1. The largest absolute Gasteiger partial charge is 0.497 e. The number of amides is 1. The predicted molar refractivity (Wildman–Crippen MR) is 145 cm³/mol. The van der Waals surface area contributed by atoms with Gasteiger partial charge in [-0.1, -0.05) is 47.5 Å². The molecule has 1 amide bonds. The molecule has 38 heavy (non-hydrogen) atoms. The van der Waals surface area contributed by atoms with Gasteiger partial charge >= 0.3 is 0 Å². The molecule has 1 aliphatic rings. The Balaban J connectivity index is 1.51. The van der Waals surface area contributed by atoms with Gasteiger partial charge in [-0.15, -0.1) is 0 Å². The molecule has 1 aromatic heterocycles. The third-order valence-electron chi connectivity index (χ3n) is 6.39. The summed E-state index contributed by atoms with van der Waals surface area (Å²) in [5.74, 6) is 0.104. The second-order valence-corrected chi connectivity index (χ2v) is 9.57. The van der Waals surface area contributed by atoms with Gasteiger partial charge in [0.05, 0.1) is 35.1 Å². The molecular formula is C28H23Cl2FN4O3. The summed E-state index contributed by atoms with van der Waals surface area (Å²) < 4.78 is 21.3. The van der Waals surface area contributed by atoms with E-state index in [1.807, 2.05) is 24.3 Å². The molecule has 0 radical (unpaired) electrons. The van der Waals surface area contributed by atoms with Crippen molar-refractivity contribution in [3.8, 4) is 11.4 Å². The summed E-state index contributed by atoms with van der Waals surface area (Å²) in [5, 5.41) is 3.82. The summed E-state index contributed by atoms with van der Waals surface area (Å²) in [7, 11) is 1.59. The lowest BCUT2D eigenvalue weighted by molar-refractivity contribution is 0.0731. The normalized spacial score (nSPS) is 12.7. The average Bonchev–Trinajstić information content (AvgIpc) is 2.93. The number of fused-ring (bicyclic) bond motifs is 1. The van der Waals surface area contributed by atoms with Crippen molar-refractivity contribution >= 4 is 35.1 Å². The van der Waals surface area contributed by atoms with Crippen molar-refractivity contribution in [3.63, 3.8) is 0 Å². The number of carbonyl (C=O) groups is 1. The number of methoxy groups -OCH3 is 1. The Morgan fingerprint density at radius 1 is 1.08 bits per heavy atom. The lowest BCUT2D eigenvalue weighted by atomic mass is 10.0. The molecule has 0 saturated carbocycles. The maximum absolute atomic E-state index is 14.8. The zero-order valence-corrected chi connectivity index (χ0v) is 21.9. The smallest absolute Gasteiger partial charge is 0.263 e. The van der Waals surface area contributed by atoms with Crippen molar-refractivity contribution in [2.75, 3.05) is 19.0 Å². The molecule has 2 heterocycles. The summed E-state index contributed by atoms with van der Waals surface area (Å²) in [6, 6.07) is 18.2. The highest BCUT2D eigenvalue weighted by molar-refractivity contribution is 6.42. The third kappa shape index (κ3) is 5.10. The third-order valence-corrected chi connectivity index (χ3v) is 7.13. The molecule has 0 fully saturated rings. The fraction of sp³-hybridized carbons (Fsp3) is 0.179. The van der Waals surface area contributed by atoms with Crippen LogP contribution in [0.1, 0.15) is 27.2 Å². The zero-order valence-electron chi connectivity index (χ0n) is 20.4. The number of halogens is 3. The van der Waals surface area contributed by atoms with E-state index in [0.717, 1.165) is 11.3 Å². The molecule has 0 atom stereocenters. The lowest BCUT2D eigenvalue weighted by Gasteiger charge is -2.29. The SMILES string of the molecule is COc1ccc(CNc2nc3c(c(=O)n2-c2ccccc2F)CCN(C(=O)c2ccc(Cl)c(Cl)c2)C3)cc1. The Labute approximate surface area is 228 Å². The predicted octanol–water partition coefficient (Wildman–Crippen LogP) is 5.50. The fourth-order valence-electron chi connectivity index (χ4n) is 4.37. The molecular weight excluding hydrogens is 530 g/mol. The molecule has 194 valence electrons. The molecule has 3 aromatic carbocycles. The summed E-state index contributed by atoms with van der Waals surface area (Å²) in [6.07, 6.45) is 0.279. The molecule has 0 unspecified atom stereocenters. The fourth-order valence-corrected chi connectivity index (χ4v) is 4.67. The van der Waals surface area contributed by atoms with E-state index in [1.54, 1.807) is 36.3 Å². The summed E-state index contributed by atoms with van der Waals surface area (Å²) in [6.45, 7) is 0.757. The Kier molecular flexibility index (Phi) is 7.35. The minimum atomic E-state index is -0.545. The monoisotopic (exact) mass is 552 g/mol. The average molecular weight is 553 g/mol. The van der Waals surface area contributed by atoms with Crippen LogP contribution in [0.15, 0.2) is 71.5 Å². The standard InChI is InChI=1S/C28H23Cl2FN4O3/c1-38-19-9-6-17(7-10-19)15-32-28-33-24-16-34(26(36)18-8-11-21(29)22(30)14-18)13-12-20(24)27(37)35(28)25-5-3-2-4-23(25)31/h2-11,14H,12-13,15-16H2,1H3,(H,32,33). The van der Waals surface area contributed by atoms with Crippen LogP contribution in [0.2, 0.25) is 10.0 Å². The summed E-state index contributed by atoms with van der Waals surface area (Å²) in [5.41, 5.74) is 1.92. The number of ether oxygens (including phenoxy) is 1. The van der Waals surface area contributed by atoms with Gasteiger partial charge in [-0.3, -0.25) is 9.59 Å². The number of rotatable bonds is 6. The molecule has 0 bridgehead atoms. The van der Waals surface area contributed by atoms with E-state index in [2.05, 4.69) is 5.32 Å². The number of nitrogens with zero attached hydrogens (tertiary/aromatic N) is 3. The summed E-state index contributed by atoms with van der Waals surface area (Å²) in [4.78, 5) is 33.2. The van der Waals surface area contributed by atoms with E-state index in [9.17, 15) is 14.0 Å². The molecule has 0 saturated heterocycles. The quantitative estimate of drug-likeness (QED) is 0.342. The Morgan fingerprint density at radius 2 is 1.84 bits per heavy atom. The minimum Gasteiger partial charge on any atom is -0.497 e. The van der Waals surface area contributed by atoms with Crippen LogP contribution in [0.4, 0.5) is 10.3 Å². The van der Waals surface area contributed by atoms with Gasteiger partial charge in [-0.25, -0.2) is 13.9 Å². The van der Waals surface area contributed by atoms with Gasteiger partial charge in [-0.05, 0) is 54.4 Å². The molecule has 0 spiro atoms. The van der Waals surface area contributed by atoms with Crippen LogP contribution in [-0.2, 0) is 19.5 Å². The number of hydrogen-bond donors (Lipinski definition) is 1. The first kappa shape index (κ1) is 25.8. The van der Waals surface area contributed by atoms with Gasteiger partial charge in [0.25, 0.3) is 11.5 Å². The van der Waals surface area contributed by atoms with E-state index in [-0.39, 0.29) is 41.1 Å². The summed E-state index contributed by atoms with van der Waals surface area (Å²) >= 11 is 12.1. The van der Waals surface area contributed by atoms with Crippen LogP contribution in [0.3, 0.4) is 0 Å². The van der Waals surface area contributed by atoms with E-state index in [4.69, 9.17) is 32.9 Å². The number of anilines is 1. The van der Waals surface area contributed by atoms with Crippen LogP contribution >= 0.6 is 23.2 Å². The lowest BCUT2D eigenvalue weighted by Crippen LogP contribution is -2.41. The molecule has 0 aliphatic carbocycles. The molecule has 5 rings (SSSR count). The van der Waals surface area contributed by atoms with E-state index in [0.29, 0.717) is 34.9 Å². The van der Waals surface area contributed by atoms with Crippen molar-refractivity contribution in [2.45, 2.75) is 19.5 Å². The first-order valence-electron chi connectivity index (χ1n) is 11.9. The van der Waals surface area contributed by atoms with Crippen LogP contribution < -0.4 is 15.6 Å².